The molecule has 0 saturated heterocycles. The number of halogens is 1. The molecule has 3 nitrogen and oxygen atoms in total. The van der Waals surface area contributed by atoms with Crippen molar-refractivity contribution in [2.24, 2.45) is 5.73 Å². The summed E-state index contributed by atoms with van der Waals surface area (Å²) in [6, 6.07) is 9.44. The third-order valence-corrected chi connectivity index (χ3v) is 3.99. The van der Waals surface area contributed by atoms with Crippen LogP contribution in [0, 0.1) is 0 Å². The molecule has 3 aromatic rings. The van der Waals surface area contributed by atoms with Crippen molar-refractivity contribution in [2.75, 3.05) is 0 Å². The predicted octanol–water partition coefficient (Wildman–Crippen LogP) is 3.67. The highest BCUT2D eigenvalue weighted by atomic mass is 35.5. The van der Waals surface area contributed by atoms with Crippen molar-refractivity contribution in [1.29, 1.82) is 0 Å². The van der Waals surface area contributed by atoms with Crippen LogP contribution in [-0.2, 0) is 6.54 Å². The van der Waals surface area contributed by atoms with E-state index >= 15 is 0 Å². The van der Waals surface area contributed by atoms with Crippen molar-refractivity contribution >= 4 is 33.2 Å². The van der Waals surface area contributed by atoms with Crippen LogP contribution < -0.4 is 5.73 Å². The molecule has 2 heterocycles. The van der Waals surface area contributed by atoms with Crippen LogP contribution in [0.5, 0.6) is 0 Å². The molecule has 0 unspecified atom stereocenters. The van der Waals surface area contributed by atoms with Crippen molar-refractivity contribution in [2.45, 2.75) is 6.54 Å². The van der Waals surface area contributed by atoms with Gasteiger partial charge in [-0.15, -0.1) is 11.3 Å². The fourth-order valence-electron chi connectivity index (χ4n) is 1.62. The first-order valence-corrected chi connectivity index (χ1v) is 6.31. The van der Waals surface area contributed by atoms with Crippen LogP contribution in [0.1, 0.15) is 5.76 Å². The van der Waals surface area contributed by atoms with E-state index in [1.54, 1.807) is 0 Å². The lowest BCUT2D eigenvalue weighted by Gasteiger charge is -1.88. The van der Waals surface area contributed by atoms with E-state index in [9.17, 15) is 0 Å². The molecule has 1 aromatic carbocycles. The third kappa shape index (κ3) is 1.84. The molecule has 0 fully saturated rings. The topological polar surface area (TPSA) is 52.0 Å². The Morgan fingerprint density at radius 2 is 2.18 bits per heavy atom. The number of furan rings is 1. The summed E-state index contributed by atoms with van der Waals surface area (Å²) in [5, 5.41) is 1.55. The van der Waals surface area contributed by atoms with E-state index in [0.717, 1.165) is 31.8 Å². The molecule has 0 amide bonds. The highest BCUT2D eigenvalue weighted by Crippen LogP contribution is 2.34. The lowest BCUT2D eigenvalue weighted by Crippen LogP contribution is -1.92. The normalized spacial score (nSPS) is 11.2. The minimum atomic E-state index is 0.394. The number of hydrogen-bond acceptors (Lipinski definition) is 4. The van der Waals surface area contributed by atoms with Crippen molar-refractivity contribution < 1.29 is 4.42 Å². The summed E-state index contributed by atoms with van der Waals surface area (Å²) in [7, 11) is 0. The van der Waals surface area contributed by atoms with Crippen LogP contribution in [-0.4, -0.2) is 4.98 Å². The van der Waals surface area contributed by atoms with Crippen LogP contribution in [0.25, 0.3) is 21.0 Å². The second kappa shape index (κ2) is 4.14. The molecule has 86 valence electrons. The van der Waals surface area contributed by atoms with Gasteiger partial charge in [-0.05, 0) is 24.3 Å². The van der Waals surface area contributed by atoms with Crippen LogP contribution in [0.4, 0.5) is 0 Å². The molecule has 0 radical (unpaired) electrons. The minimum absolute atomic E-state index is 0.394. The van der Waals surface area contributed by atoms with Crippen LogP contribution >= 0.6 is 22.9 Å². The number of nitrogens with zero attached hydrogens (tertiary/aromatic N) is 1. The molecule has 0 saturated carbocycles. The Hall–Kier alpha value is -1.36. The predicted molar refractivity (Wildman–Crippen MR) is 70.2 cm³/mol. The number of thiazole rings is 1. The summed E-state index contributed by atoms with van der Waals surface area (Å²) in [6.07, 6.45) is 0. The molecular formula is C12H9ClN2OS. The van der Waals surface area contributed by atoms with E-state index in [4.69, 9.17) is 21.8 Å². The molecule has 0 aliphatic rings. The summed E-state index contributed by atoms with van der Waals surface area (Å²) in [5.74, 6) is 1.49. The first-order valence-electron chi connectivity index (χ1n) is 5.12. The number of aromatic nitrogens is 1. The second-order valence-corrected chi connectivity index (χ2v) is 4.98. The Balaban J connectivity index is 2.14. The van der Waals surface area contributed by atoms with E-state index in [-0.39, 0.29) is 0 Å². The average Bonchev–Trinajstić information content (AvgIpc) is 2.95. The Labute approximate surface area is 107 Å². The fraction of sp³-hybridized carbons (Fsp3) is 0.0833. The van der Waals surface area contributed by atoms with Gasteiger partial charge >= 0.3 is 0 Å². The first kappa shape index (κ1) is 10.8. The van der Waals surface area contributed by atoms with Crippen LogP contribution in [0.15, 0.2) is 34.7 Å². The van der Waals surface area contributed by atoms with Crippen LogP contribution in [0.3, 0.4) is 0 Å². The molecular weight excluding hydrogens is 256 g/mol. The zero-order chi connectivity index (χ0) is 11.8. The van der Waals surface area contributed by atoms with E-state index in [1.807, 2.05) is 30.3 Å². The van der Waals surface area contributed by atoms with E-state index in [2.05, 4.69) is 4.98 Å². The second-order valence-electron chi connectivity index (χ2n) is 3.58. The number of fused-ring (bicyclic) bond motifs is 1. The SMILES string of the molecule is NCc1ccc(-c2nc3cccc(Cl)c3s2)o1. The molecule has 17 heavy (non-hydrogen) atoms. The monoisotopic (exact) mass is 264 g/mol. The van der Waals surface area contributed by atoms with Gasteiger partial charge in [0.1, 0.15) is 5.76 Å². The molecule has 0 aliphatic heterocycles. The highest BCUT2D eigenvalue weighted by molar-refractivity contribution is 7.22. The van der Waals surface area contributed by atoms with Gasteiger partial charge in [-0.1, -0.05) is 17.7 Å². The maximum atomic E-state index is 6.11. The van der Waals surface area contributed by atoms with E-state index in [0.29, 0.717) is 6.54 Å². The van der Waals surface area contributed by atoms with Crippen molar-refractivity contribution in [3.05, 3.63) is 41.1 Å². The molecule has 0 bridgehead atoms. The summed E-state index contributed by atoms with van der Waals surface area (Å²) >= 11 is 7.63. The summed E-state index contributed by atoms with van der Waals surface area (Å²) < 4.78 is 6.55. The Morgan fingerprint density at radius 1 is 1.29 bits per heavy atom. The van der Waals surface area contributed by atoms with Crippen molar-refractivity contribution in [3.8, 4) is 10.8 Å². The zero-order valence-corrected chi connectivity index (χ0v) is 10.4. The maximum Gasteiger partial charge on any atom is 0.163 e. The van der Waals surface area contributed by atoms with Gasteiger partial charge in [-0.25, -0.2) is 4.98 Å². The van der Waals surface area contributed by atoms with Gasteiger partial charge in [-0.2, -0.15) is 0 Å². The van der Waals surface area contributed by atoms with Gasteiger partial charge in [0.2, 0.25) is 0 Å². The largest absolute Gasteiger partial charge is 0.457 e. The Bertz CT molecular complexity index is 674. The van der Waals surface area contributed by atoms with Gasteiger partial charge in [0.05, 0.1) is 21.8 Å². The quantitative estimate of drug-likeness (QED) is 0.768. The number of hydrogen-bond donors (Lipinski definition) is 1. The number of nitrogens with two attached hydrogens (primary N) is 1. The molecule has 0 atom stereocenters. The van der Waals surface area contributed by atoms with Crippen LogP contribution in [0.2, 0.25) is 5.02 Å². The van der Waals surface area contributed by atoms with Gasteiger partial charge in [0.15, 0.2) is 10.8 Å². The van der Waals surface area contributed by atoms with Gasteiger partial charge < -0.3 is 10.2 Å². The molecule has 2 N–H and O–H groups in total. The summed E-state index contributed by atoms with van der Waals surface area (Å²) in [6.45, 7) is 0.394. The van der Waals surface area contributed by atoms with E-state index in [1.165, 1.54) is 11.3 Å². The average molecular weight is 265 g/mol. The lowest BCUT2D eigenvalue weighted by molar-refractivity contribution is 0.525. The first-order chi connectivity index (χ1) is 8.28. The van der Waals surface area contributed by atoms with Crippen molar-refractivity contribution in [3.63, 3.8) is 0 Å². The fourth-order valence-corrected chi connectivity index (χ4v) is 2.84. The van der Waals surface area contributed by atoms with Gasteiger partial charge in [0.25, 0.3) is 0 Å². The highest BCUT2D eigenvalue weighted by Gasteiger charge is 2.11. The minimum Gasteiger partial charge on any atom is -0.457 e. The lowest BCUT2D eigenvalue weighted by atomic mass is 10.3. The number of benzene rings is 1. The van der Waals surface area contributed by atoms with Gasteiger partial charge in [-0.3, -0.25) is 0 Å². The molecule has 0 spiro atoms. The standard InChI is InChI=1S/C12H9ClN2OS/c13-8-2-1-3-9-11(8)17-12(15-9)10-5-4-7(6-14)16-10/h1-5H,6,14H2. The molecule has 3 rings (SSSR count). The molecule has 2 aromatic heterocycles. The summed E-state index contributed by atoms with van der Waals surface area (Å²) in [5.41, 5.74) is 6.40. The smallest absolute Gasteiger partial charge is 0.163 e. The summed E-state index contributed by atoms with van der Waals surface area (Å²) in [4.78, 5) is 4.49. The van der Waals surface area contributed by atoms with Gasteiger partial charge in [0, 0.05) is 0 Å². The Kier molecular flexibility index (Phi) is 2.63. The van der Waals surface area contributed by atoms with Crippen molar-refractivity contribution in [1.82, 2.24) is 4.98 Å². The maximum absolute atomic E-state index is 6.11. The molecule has 0 aliphatic carbocycles. The number of rotatable bonds is 2. The Morgan fingerprint density at radius 3 is 2.88 bits per heavy atom. The van der Waals surface area contributed by atoms with E-state index < -0.39 is 0 Å². The zero-order valence-electron chi connectivity index (χ0n) is 8.81. The molecule has 5 heteroatoms. The third-order valence-electron chi connectivity index (χ3n) is 2.44.